The van der Waals surface area contributed by atoms with Gasteiger partial charge < -0.3 is 5.11 Å². The van der Waals surface area contributed by atoms with Crippen molar-refractivity contribution in [3.8, 4) is 5.75 Å². The van der Waals surface area contributed by atoms with Crippen molar-refractivity contribution in [2.75, 3.05) is 5.75 Å². The number of hydrogen-bond donors (Lipinski definition) is 1. The van der Waals surface area contributed by atoms with Gasteiger partial charge in [-0.15, -0.1) is 11.8 Å². The van der Waals surface area contributed by atoms with Gasteiger partial charge in [0.05, 0.1) is 16.9 Å². The monoisotopic (exact) mass is 364 g/mol. The molecule has 0 aromatic heterocycles. The van der Waals surface area contributed by atoms with Crippen LogP contribution < -0.4 is 10.5 Å². The van der Waals surface area contributed by atoms with E-state index in [-0.39, 0.29) is 11.7 Å². The van der Waals surface area contributed by atoms with Gasteiger partial charge in [-0.05, 0) is 30.0 Å². The lowest BCUT2D eigenvalue weighted by atomic mass is 10.2. The molecule has 0 spiro atoms. The van der Waals surface area contributed by atoms with E-state index in [0.29, 0.717) is 10.6 Å². The standard InChI is InChI=1S/C15H12ClN3O4S/c16-11-2-4-12(5-3-11)24-9-15(21)18-17-8-10-1-6-14(20)13(7-10)19(22)23/h1-8,20H,9H2,(H,18,21)/p-1/b17-8-. The third-order valence-electron chi connectivity index (χ3n) is 2.77. The van der Waals surface area contributed by atoms with Crippen LogP contribution in [0.2, 0.25) is 5.02 Å². The third-order valence-corrected chi connectivity index (χ3v) is 4.03. The number of carbonyl (C=O) groups is 1. The van der Waals surface area contributed by atoms with Gasteiger partial charge in [0, 0.05) is 21.5 Å². The minimum atomic E-state index is -0.763. The number of amides is 1. The molecule has 0 aliphatic rings. The summed E-state index contributed by atoms with van der Waals surface area (Å²) in [5, 5.41) is 26.3. The van der Waals surface area contributed by atoms with Crippen LogP contribution in [0.5, 0.6) is 5.75 Å². The van der Waals surface area contributed by atoms with Crippen molar-refractivity contribution in [3.63, 3.8) is 0 Å². The van der Waals surface area contributed by atoms with Crippen molar-refractivity contribution in [3.05, 3.63) is 63.2 Å². The lowest BCUT2D eigenvalue weighted by Crippen LogP contribution is -2.19. The Kier molecular flexibility index (Phi) is 6.16. The fraction of sp³-hybridized carbons (Fsp3) is 0.0667. The lowest BCUT2D eigenvalue weighted by molar-refractivity contribution is -0.398. The van der Waals surface area contributed by atoms with Crippen LogP contribution >= 0.6 is 23.4 Å². The van der Waals surface area contributed by atoms with E-state index in [9.17, 15) is 20.0 Å². The zero-order valence-electron chi connectivity index (χ0n) is 12.1. The molecule has 0 saturated heterocycles. The summed E-state index contributed by atoms with van der Waals surface area (Å²) in [7, 11) is 0. The van der Waals surface area contributed by atoms with Gasteiger partial charge in [-0.1, -0.05) is 23.7 Å². The number of hydrazone groups is 1. The summed E-state index contributed by atoms with van der Waals surface area (Å²) in [6.45, 7) is 0. The molecule has 0 heterocycles. The maximum Gasteiger partial charge on any atom is 0.262 e. The van der Waals surface area contributed by atoms with Crippen LogP contribution in [0.1, 0.15) is 5.56 Å². The van der Waals surface area contributed by atoms with Crippen molar-refractivity contribution in [1.29, 1.82) is 0 Å². The van der Waals surface area contributed by atoms with Crippen molar-refractivity contribution < 1.29 is 14.8 Å². The van der Waals surface area contributed by atoms with Gasteiger partial charge in [0.2, 0.25) is 5.91 Å². The molecule has 0 radical (unpaired) electrons. The van der Waals surface area contributed by atoms with Crippen LogP contribution in [0.3, 0.4) is 0 Å². The van der Waals surface area contributed by atoms with Gasteiger partial charge >= 0.3 is 0 Å². The summed E-state index contributed by atoms with van der Waals surface area (Å²) in [5.74, 6) is -0.861. The van der Waals surface area contributed by atoms with Crippen molar-refractivity contribution in [2.45, 2.75) is 4.90 Å². The SMILES string of the molecule is O=C(CSc1ccc(Cl)cc1)N/N=C\c1ccc([O-])c([N+](=O)[O-])c1. The molecule has 7 nitrogen and oxygen atoms in total. The molecule has 1 N–H and O–H groups in total. The van der Waals surface area contributed by atoms with Gasteiger partial charge in [0.15, 0.2) is 0 Å². The van der Waals surface area contributed by atoms with E-state index in [1.165, 1.54) is 24.0 Å². The number of carbonyl (C=O) groups excluding carboxylic acids is 1. The normalized spacial score (nSPS) is 10.7. The molecular formula is C15H11ClN3O4S-. The Morgan fingerprint density at radius 3 is 2.67 bits per heavy atom. The number of nitrogens with zero attached hydrogens (tertiary/aromatic N) is 2. The number of nitro groups is 1. The second-order valence-electron chi connectivity index (χ2n) is 4.52. The fourth-order valence-corrected chi connectivity index (χ4v) is 2.46. The maximum atomic E-state index is 11.7. The van der Waals surface area contributed by atoms with E-state index in [2.05, 4.69) is 10.5 Å². The molecule has 0 aliphatic heterocycles. The molecule has 124 valence electrons. The average molecular weight is 365 g/mol. The summed E-state index contributed by atoms with van der Waals surface area (Å²) in [6, 6.07) is 10.6. The first kappa shape index (κ1) is 17.8. The number of thioether (sulfide) groups is 1. The minimum absolute atomic E-state index is 0.151. The Balaban J connectivity index is 1.87. The van der Waals surface area contributed by atoms with E-state index in [1.807, 2.05) is 0 Å². The average Bonchev–Trinajstić information content (AvgIpc) is 2.55. The molecule has 0 atom stereocenters. The topological polar surface area (TPSA) is 108 Å². The van der Waals surface area contributed by atoms with Gasteiger partial charge in [-0.25, -0.2) is 5.43 Å². The Morgan fingerprint density at radius 2 is 2.00 bits per heavy atom. The van der Waals surface area contributed by atoms with Crippen molar-refractivity contribution in [1.82, 2.24) is 5.43 Å². The largest absolute Gasteiger partial charge is 0.868 e. The molecule has 1 amide bonds. The predicted molar refractivity (Wildman–Crippen MR) is 90.5 cm³/mol. The molecule has 0 bridgehead atoms. The Hall–Kier alpha value is -2.58. The second kappa shape index (κ2) is 8.32. The Bertz CT molecular complexity index is 781. The highest BCUT2D eigenvalue weighted by molar-refractivity contribution is 8.00. The van der Waals surface area contributed by atoms with Crippen LogP contribution in [-0.4, -0.2) is 22.8 Å². The molecule has 2 aromatic carbocycles. The summed E-state index contributed by atoms with van der Waals surface area (Å²) in [4.78, 5) is 22.5. The lowest BCUT2D eigenvalue weighted by Gasteiger charge is -2.06. The molecule has 0 saturated carbocycles. The molecule has 0 aliphatic carbocycles. The van der Waals surface area contributed by atoms with Crippen LogP contribution in [0.4, 0.5) is 5.69 Å². The number of benzene rings is 2. The first-order valence-corrected chi connectivity index (χ1v) is 7.98. The van der Waals surface area contributed by atoms with Crippen LogP contribution in [0, 0.1) is 10.1 Å². The third kappa shape index (κ3) is 5.25. The highest BCUT2D eigenvalue weighted by Gasteiger charge is 2.07. The van der Waals surface area contributed by atoms with Gasteiger partial charge in [-0.3, -0.25) is 14.9 Å². The molecule has 24 heavy (non-hydrogen) atoms. The van der Waals surface area contributed by atoms with E-state index >= 15 is 0 Å². The summed E-state index contributed by atoms with van der Waals surface area (Å²) < 4.78 is 0. The van der Waals surface area contributed by atoms with E-state index in [4.69, 9.17) is 11.6 Å². The van der Waals surface area contributed by atoms with E-state index in [0.717, 1.165) is 17.0 Å². The van der Waals surface area contributed by atoms with E-state index in [1.54, 1.807) is 24.3 Å². The fourth-order valence-electron chi connectivity index (χ4n) is 1.65. The Morgan fingerprint density at radius 1 is 1.29 bits per heavy atom. The second-order valence-corrected chi connectivity index (χ2v) is 6.01. The number of hydrogen-bond acceptors (Lipinski definition) is 6. The first-order chi connectivity index (χ1) is 11.5. The Labute approximate surface area is 146 Å². The molecule has 9 heteroatoms. The van der Waals surface area contributed by atoms with Crippen LogP contribution in [0.25, 0.3) is 0 Å². The molecule has 2 rings (SSSR count). The smallest absolute Gasteiger partial charge is 0.262 e. The first-order valence-electron chi connectivity index (χ1n) is 6.61. The van der Waals surface area contributed by atoms with Crippen LogP contribution in [-0.2, 0) is 4.79 Å². The highest BCUT2D eigenvalue weighted by atomic mass is 35.5. The van der Waals surface area contributed by atoms with Crippen molar-refractivity contribution >= 4 is 41.2 Å². The zero-order valence-corrected chi connectivity index (χ0v) is 13.7. The summed E-state index contributed by atoms with van der Waals surface area (Å²) in [5.41, 5.74) is 2.11. The molecular weight excluding hydrogens is 354 g/mol. The number of rotatable bonds is 6. The minimum Gasteiger partial charge on any atom is -0.868 e. The molecule has 0 unspecified atom stereocenters. The number of nitrogens with one attached hydrogen (secondary N) is 1. The molecule has 2 aromatic rings. The molecule has 0 fully saturated rings. The number of halogens is 1. The van der Waals surface area contributed by atoms with Gasteiger partial charge in [-0.2, -0.15) is 5.10 Å². The zero-order chi connectivity index (χ0) is 17.5. The van der Waals surface area contributed by atoms with Gasteiger partial charge in [0.1, 0.15) is 0 Å². The number of nitro benzene ring substituents is 1. The summed E-state index contributed by atoms with van der Waals surface area (Å²) >= 11 is 7.09. The highest BCUT2D eigenvalue weighted by Crippen LogP contribution is 2.23. The van der Waals surface area contributed by atoms with Gasteiger partial charge in [0.25, 0.3) is 5.69 Å². The van der Waals surface area contributed by atoms with Crippen molar-refractivity contribution in [2.24, 2.45) is 5.10 Å². The maximum absolute atomic E-state index is 11.7. The quantitative estimate of drug-likeness (QED) is 0.367. The van der Waals surface area contributed by atoms with Crippen LogP contribution in [0.15, 0.2) is 52.5 Å². The predicted octanol–water partition coefficient (Wildman–Crippen LogP) is 2.56. The van der Waals surface area contributed by atoms with E-state index < -0.39 is 16.4 Å². The summed E-state index contributed by atoms with van der Waals surface area (Å²) in [6.07, 6.45) is 1.23.